The number of pyridine rings is 1. The molecule has 3 aromatic rings. The number of carbonyl (C=O) groups is 1. The summed E-state index contributed by atoms with van der Waals surface area (Å²) < 4.78 is 0. The molecule has 1 fully saturated rings. The minimum Gasteiger partial charge on any atom is -0.331 e. The van der Waals surface area contributed by atoms with Crippen LogP contribution in [-0.4, -0.2) is 43.5 Å². The summed E-state index contributed by atoms with van der Waals surface area (Å²) in [5.41, 5.74) is 3.94. The molecule has 9 heteroatoms. The third-order valence-electron chi connectivity index (χ3n) is 6.54. The summed E-state index contributed by atoms with van der Waals surface area (Å²) in [6, 6.07) is 4.94. The molecule has 5 rings (SSSR count). The number of nitrogens with zero attached hydrogens (tertiary/aromatic N) is 4. The summed E-state index contributed by atoms with van der Waals surface area (Å²) in [5.74, 6) is 2.82. The highest BCUT2D eigenvalue weighted by atomic mass is 16.1. The Morgan fingerprint density at radius 1 is 1.24 bits per heavy atom. The summed E-state index contributed by atoms with van der Waals surface area (Å²) in [4.78, 5) is 39.0. The van der Waals surface area contributed by atoms with E-state index in [0.717, 1.165) is 79.2 Å². The van der Waals surface area contributed by atoms with E-state index in [-0.39, 0.29) is 23.8 Å². The number of Topliss-reactive ketones (excluding diaryl/α,β-unsaturated/α-hetero) is 1. The lowest BCUT2D eigenvalue weighted by Crippen LogP contribution is -2.38. The summed E-state index contributed by atoms with van der Waals surface area (Å²) in [5, 5.41) is 10.9. The molecule has 0 bridgehead atoms. The van der Waals surface area contributed by atoms with E-state index in [1.54, 1.807) is 12.3 Å². The monoisotopic (exact) mass is 461 g/mol. The number of ketones is 1. The summed E-state index contributed by atoms with van der Waals surface area (Å²) >= 11 is 0. The number of rotatable bonds is 8. The van der Waals surface area contributed by atoms with E-state index in [4.69, 9.17) is 9.97 Å². The first kappa shape index (κ1) is 22.3. The van der Waals surface area contributed by atoms with Crippen molar-refractivity contribution >= 4 is 23.4 Å². The number of nitrogens with one attached hydrogen (secondary N) is 3. The number of aryl methyl sites for hydroxylation is 1. The first-order chi connectivity index (χ1) is 16.5. The van der Waals surface area contributed by atoms with E-state index in [1.165, 1.54) is 6.07 Å². The van der Waals surface area contributed by atoms with Gasteiger partial charge in [-0.05, 0) is 50.0 Å². The van der Waals surface area contributed by atoms with Gasteiger partial charge in [-0.1, -0.05) is 19.9 Å². The Labute approximate surface area is 198 Å². The largest absolute Gasteiger partial charge is 0.331 e. The second-order valence-electron chi connectivity index (χ2n) is 9.71. The van der Waals surface area contributed by atoms with Crippen LogP contribution in [0.15, 0.2) is 29.2 Å². The van der Waals surface area contributed by atoms with Gasteiger partial charge in [0.05, 0.1) is 11.7 Å². The van der Waals surface area contributed by atoms with Crippen molar-refractivity contribution in [3.8, 4) is 0 Å². The van der Waals surface area contributed by atoms with Crippen molar-refractivity contribution < 1.29 is 4.79 Å². The van der Waals surface area contributed by atoms with Crippen molar-refractivity contribution in [3.05, 3.63) is 57.3 Å². The number of H-pyrrole nitrogens is 2. The maximum Gasteiger partial charge on any atom is 0.247 e. The molecule has 4 heterocycles. The molecule has 0 spiro atoms. The number of anilines is 3. The van der Waals surface area contributed by atoms with Crippen LogP contribution in [0.3, 0.4) is 0 Å². The molecule has 34 heavy (non-hydrogen) atoms. The zero-order valence-electron chi connectivity index (χ0n) is 19.7. The van der Waals surface area contributed by atoms with Crippen LogP contribution in [0.2, 0.25) is 0 Å². The molecule has 0 amide bonds. The first-order valence-electron chi connectivity index (χ1n) is 12.1. The average Bonchev–Trinajstić information content (AvgIpc) is 3.55. The van der Waals surface area contributed by atoms with E-state index in [1.807, 2.05) is 11.0 Å². The molecular formula is C25H31N7O2. The normalized spacial score (nSPS) is 17.4. The molecule has 1 unspecified atom stereocenters. The van der Waals surface area contributed by atoms with Gasteiger partial charge in [0.1, 0.15) is 5.82 Å². The second-order valence-corrected chi connectivity index (χ2v) is 9.71. The van der Waals surface area contributed by atoms with E-state index in [2.05, 4.69) is 34.3 Å². The van der Waals surface area contributed by atoms with Crippen LogP contribution in [0, 0.1) is 5.92 Å². The number of hydrogen-bond acceptors (Lipinski definition) is 7. The summed E-state index contributed by atoms with van der Waals surface area (Å²) in [7, 11) is 0. The number of hydrogen-bond donors (Lipinski definition) is 3. The lowest BCUT2D eigenvalue weighted by atomic mass is 10.0. The van der Waals surface area contributed by atoms with Gasteiger partial charge in [-0.25, -0.2) is 4.98 Å². The standard InChI is InChI=1S/C25H31N7O2/c1-15(2)11-17-13-22(31-30-17)28-24-18-5-3-6-19(18)27-25(29-24)32-10-4-7-20(32)21(33)12-16-8-9-23(34)26-14-16/h8-9,13-15,20H,3-7,10-12H2,1-2H3,(H,26,34)(H2,27,28,29,30,31). The average molecular weight is 462 g/mol. The maximum absolute atomic E-state index is 13.2. The smallest absolute Gasteiger partial charge is 0.247 e. The lowest BCUT2D eigenvalue weighted by Gasteiger charge is -2.25. The van der Waals surface area contributed by atoms with Crippen molar-refractivity contribution in [2.24, 2.45) is 5.92 Å². The summed E-state index contributed by atoms with van der Waals surface area (Å²) in [6.07, 6.45) is 7.44. The van der Waals surface area contributed by atoms with E-state index in [9.17, 15) is 9.59 Å². The molecule has 1 aliphatic heterocycles. The minimum atomic E-state index is -0.262. The zero-order valence-corrected chi connectivity index (χ0v) is 19.7. The number of carbonyl (C=O) groups excluding carboxylic acids is 1. The van der Waals surface area contributed by atoms with Gasteiger partial charge >= 0.3 is 0 Å². The molecule has 9 nitrogen and oxygen atoms in total. The van der Waals surface area contributed by atoms with Gasteiger partial charge in [0.25, 0.3) is 0 Å². The third kappa shape index (κ3) is 4.73. The molecular weight excluding hydrogens is 430 g/mol. The van der Waals surface area contributed by atoms with Gasteiger partial charge in [-0.2, -0.15) is 10.1 Å². The molecule has 0 radical (unpaired) electrons. The molecule has 0 aromatic carbocycles. The number of fused-ring (bicyclic) bond motifs is 1. The van der Waals surface area contributed by atoms with Gasteiger partial charge < -0.3 is 15.2 Å². The maximum atomic E-state index is 13.2. The topological polar surface area (TPSA) is 120 Å². The summed E-state index contributed by atoms with van der Waals surface area (Å²) in [6.45, 7) is 5.12. The van der Waals surface area contributed by atoms with Gasteiger partial charge in [0.15, 0.2) is 11.6 Å². The van der Waals surface area contributed by atoms with Gasteiger partial charge in [-0.15, -0.1) is 0 Å². The molecule has 3 aromatic heterocycles. The molecule has 1 aliphatic carbocycles. The Bertz CT molecular complexity index is 1230. The van der Waals surface area contributed by atoms with Gasteiger partial charge in [0, 0.05) is 42.6 Å². The van der Waals surface area contributed by atoms with Gasteiger partial charge in [-0.3, -0.25) is 14.7 Å². The fourth-order valence-corrected chi connectivity index (χ4v) is 4.96. The van der Waals surface area contributed by atoms with Crippen LogP contribution >= 0.6 is 0 Å². The Morgan fingerprint density at radius 3 is 2.91 bits per heavy atom. The molecule has 0 saturated carbocycles. The SMILES string of the molecule is CC(C)Cc1cc(Nc2nc(N3CCCC3C(=O)Cc3ccc(=O)[nH]c3)nc3c2CCC3)n[nH]1. The quantitative estimate of drug-likeness (QED) is 0.471. The van der Waals surface area contributed by atoms with Crippen LogP contribution in [-0.2, 0) is 30.5 Å². The Hall–Kier alpha value is -3.49. The van der Waals surface area contributed by atoms with Crippen LogP contribution in [0.5, 0.6) is 0 Å². The molecule has 3 N–H and O–H groups in total. The van der Waals surface area contributed by atoms with Crippen molar-refractivity contribution in [1.29, 1.82) is 0 Å². The first-order valence-corrected chi connectivity index (χ1v) is 12.1. The molecule has 2 aliphatic rings. The Morgan fingerprint density at radius 2 is 2.12 bits per heavy atom. The van der Waals surface area contributed by atoms with Crippen molar-refractivity contribution in [1.82, 2.24) is 25.1 Å². The van der Waals surface area contributed by atoms with Crippen LogP contribution in [0.25, 0.3) is 0 Å². The predicted octanol–water partition coefficient (Wildman–Crippen LogP) is 3.10. The van der Waals surface area contributed by atoms with E-state index in [0.29, 0.717) is 11.9 Å². The van der Waals surface area contributed by atoms with Crippen molar-refractivity contribution in [2.45, 2.75) is 64.8 Å². The van der Waals surface area contributed by atoms with Crippen LogP contribution < -0.4 is 15.8 Å². The van der Waals surface area contributed by atoms with E-state index >= 15 is 0 Å². The number of aromatic nitrogens is 5. The zero-order chi connectivity index (χ0) is 23.7. The van der Waals surface area contributed by atoms with Crippen molar-refractivity contribution in [2.75, 3.05) is 16.8 Å². The van der Waals surface area contributed by atoms with Crippen molar-refractivity contribution in [3.63, 3.8) is 0 Å². The molecule has 178 valence electrons. The fourth-order valence-electron chi connectivity index (χ4n) is 4.96. The highest BCUT2D eigenvalue weighted by Gasteiger charge is 2.33. The minimum absolute atomic E-state index is 0.119. The second kappa shape index (κ2) is 9.40. The highest BCUT2D eigenvalue weighted by molar-refractivity contribution is 5.89. The predicted molar refractivity (Wildman–Crippen MR) is 131 cm³/mol. The Kier molecular flexibility index (Phi) is 6.17. The number of aromatic amines is 2. The van der Waals surface area contributed by atoms with E-state index < -0.39 is 0 Å². The fraction of sp³-hybridized carbons (Fsp3) is 0.480. The van der Waals surface area contributed by atoms with Crippen LogP contribution in [0.4, 0.5) is 17.6 Å². The lowest BCUT2D eigenvalue weighted by molar-refractivity contribution is -0.119. The third-order valence-corrected chi connectivity index (χ3v) is 6.54. The molecule has 1 atom stereocenters. The van der Waals surface area contributed by atoms with Crippen LogP contribution in [0.1, 0.15) is 55.6 Å². The van der Waals surface area contributed by atoms with Gasteiger partial charge in [0.2, 0.25) is 11.5 Å². The Balaban J connectivity index is 1.38. The molecule has 1 saturated heterocycles. The highest BCUT2D eigenvalue weighted by Crippen LogP contribution is 2.33.